The lowest BCUT2D eigenvalue weighted by Crippen LogP contribution is -2.46. The third-order valence-corrected chi connectivity index (χ3v) is 8.28. The summed E-state index contributed by atoms with van der Waals surface area (Å²) in [6, 6.07) is 6.48. The number of hydrogen-bond acceptors (Lipinski definition) is 9. The summed E-state index contributed by atoms with van der Waals surface area (Å²) in [6.07, 6.45) is 2.53. The molecule has 0 unspecified atom stereocenters. The molecule has 1 aromatic rings. The molecule has 1 amide bonds. The molecule has 3 saturated heterocycles. The topological polar surface area (TPSA) is 124 Å². The van der Waals surface area contributed by atoms with Crippen LogP contribution in [0.5, 0.6) is 5.75 Å². The molecule has 226 valence electrons. The minimum Gasteiger partial charge on any atom is -0.497 e. The van der Waals surface area contributed by atoms with Gasteiger partial charge >= 0.3 is 0 Å². The molecule has 3 aliphatic rings. The van der Waals surface area contributed by atoms with Gasteiger partial charge in [0.05, 0.1) is 45.6 Å². The summed E-state index contributed by atoms with van der Waals surface area (Å²) in [4.78, 5) is 55.1. The van der Waals surface area contributed by atoms with Gasteiger partial charge in [-0.25, -0.2) is 0 Å². The Labute approximate surface area is 242 Å². The number of rotatable bonds is 16. The van der Waals surface area contributed by atoms with Crippen LogP contribution in [0.4, 0.5) is 0 Å². The lowest BCUT2D eigenvalue weighted by molar-refractivity contribution is -0.135. The molecule has 5 atom stereocenters. The number of Topliss-reactive ketones (excluding diaryl/α,β-unsaturated/α-hetero) is 3. The van der Waals surface area contributed by atoms with E-state index in [0.717, 1.165) is 18.4 Å². The molecule has 1 N–H and O–H groups in total. The number of nitrogens with zero attached hydrogens (tertiary/aromatic N) is 1. The average Bonchev–Trinajstić information content (AvgIpc) is 3.51. The Balaban J connectivity index is 1.43. The van der Waals surface area contributed by atoms with Gasteiger partial charge in [-0.3, -0.25) is 24.1 Å². The molecule has 3 heterocycles. The number of carbonyl (C=O) groups is 4. The van der Waals surface area contributed by atoms with Crippen LogP contribution in [-0.2, 0) is 39.8 Å². The van der Waals surface area contributed by atoms with Crippen LogP contribution < -0.4 is 10.1 Å². The molecule has 0 spiro atoms. The van der Waals surface area contributed by atoms with Crippen LogP contribution in [0.1, 0.15) is 51.5 Å². The maximum absolute atomic E-state index is 13.8. The molecule has 10 heteroatoms. The lowest BCUT2D eigenvalue weighted by atomic mass is 9.83. The van der Waals surface area contributed by atoms with E-state index in [0.29, 0.717) is 51.7 Å². The van der Waals surface area contributed by atoms with Gasteiger partial charge in [0.2, 0.25) is 5.91 Å². The Morgan fingerprint density at radius 2 is 1.80 bits per heavy atom. The second kappa shape index (κ2) is 14.5. The van der Waals surface area contributed by atoms with Crippen molar-refractivity contribution >= 4 is 23.3 Å². The summed E-state index contributed by atoms with van der Waals surface area (Å²) in [5, 5.41) is 2.92. The van der Waals surface area contributed by atoms with Gasteiger partial charge in [0.15, 0.2) is 11.6 Å². The number of ether oxygens (including phenoxy) is 4. The van der Waals surface area contributed by atoms with Crippen molar-refractivity contribution in [2.75, 3.05) is 53.2 Å². The van der Waals surface area contributed by atoms with Crippen LogP contribution in [-0.4, -0.2) is 99.1 Å². The Hall–Kier alpha value is -2.66. The maximum Gasteiger partial charge on any atom is 0.223 e. The fraction of sp³-hybridized carbons (Fsp3) is 0.677. The van der Waals surface area contributed by atoms with Crippen LogP contribution in [0.25, 0.3) is 0 Å². The highest BCUT2D eigenvalue weighted by Crippen LogP contribution is 2.34. The largest absolute Gasteiger partial charge is 0.497 e. The standard InChI is InChI=1S/C31H44N2O8/c1-21(15-24(34)19-33-10-13-39-14-11-33)30(37)32-27(16-22-6-8-25(38-3)9-7-22)28(35)18-23(17-26-5-4-12-40-26)29(36)31(2)20-41-31/h6-9,21,23,26-27H,4-5,10-20H2,1-3H3,(H,32,37)/t21-,23-,26+,27+,31-/m1/s1. The van der Waals surface area contributed by atoms with Gasteiger partial charge in [-0.1, -0.05) is 19.1 Å². The molecule has 1 aromatic carbocycles. The smallest absolute Gasteiger partial charge is 0.223 e. The van der Waals surface area contributed by atoms with Crippen molar-refractivity contribution in [2.45, 2.75) is 70.1 Å². The first-order chi connectivity index (χ1) is 19.7. The first-order valence-electron chi connectivity index (χ1n) is 14.7. The molecule has 3 fully saturated rings. The van der Waals surface area contributed by atoms with E-state index in [1.807, 2.05) is 17.0 Å². The number of amides is 1. The predicted octanol–water partition coefficient (Wildman–Crippen LogP) is 2.15. The van der Waals surface area contributed by atoms with E-state index in [2.05, 4.69) is 5.32 Å². The van der Waals surface area contributed by atoms with Crippen LogP contribution in [0.3, 0.4) is 0 Å². The van der Waals surface area contributed by atoms with Crippen LogP contribution in [0.2, 0.25) is 0 Å². The van der Waals surface area contributed by atoms with E-state index in [1.54, 1.807) is 33.1 Å². The van der Waals surface area contributed by atoms with E-state index in [9.17, 15) is 19.2 Å². The van der Waals surface area contributed by atoms with Crippen molar-refractivity contribution in [3.8, 4) is 5.75 Å². The zero-order valence-electron chi connectivity index (χ0n) is 24.5. The SMILES string of the molecule is COc1ccc(C[C@H](NC(=O)[C@H](C)CC(=O)CN2CCOCC2)C(=O)C[C@@H](C[C@@H]2CCCO2)C(=O)[C@@]2(C)CO2)cc1. The molecule has 41 heavy (non-hydrogen) atoms. The minimum absolute atomic E-state index is 0.0108. The van der Waals surface area contributed by atoms with Crippen molar-refractivity contribution in [3.05, 3.63) is 29.8 Å². The zero-order valence-corrected chi connectivity index (χ0v) is 24.5. The Morgan fingerprint density at radius 1 is 1.10 bits per heavy atom. The van der Waals surface area contributed by atoms with Crippen LogP contribution >= 0.6 is 0 Å². The van der Waals surface area contributed by atoms with Gasteiger partial charge in [-0.05, 0) is 50.3 Å². The third-order valence-electron chi connectivity index (χ3n) is 8.28. The van der Waals surface area contributed by atoms with Crippen molar-refractivity contribution in [2.24, 2.45) is 11.8 Å². The number of morpholine rings is 1. The molecule has 0 aromatic heterocycles. The predicted molar refractivity (Wildman–Crippen MR) is 151 cm³/mol. The molecule has 4 rings (SSSR count). The fourth-order valence-corrected chi connectivity index (χ4v) is 5.56. The van der Waals surface area contributed by atoms with E-state index >= 15 is 0 Å². The number of carbonyl (C=O) groups excluding carboxylic acids is 4. The molecule has 0 aliphatic carbocycles. The Bertz CT molecular complexity index is 1060. The van der Waals surface area contributed by atoms with E-state index in [4.69, 9.17) is 18.9 Å². The van der Waals surface area contributed by atoms with Crippen LogP contribution in [0, 0.1) is 11.8 Å². The fourth-order valence-electron chi connectivity index (χ4n) is 5.56. The number of methoxy groups -OCH3 is 1. The molecular weight excluding hydrogens is 528 g/mol. The highest BCUT2D eigenvalue weighted by molar-refractivity contribution is 5.97. The van der Waals surface area contributed by atoms with E-state index in [1.165, 1.54) is 0 Å². The summed E-state index contributed by atoms with van der Waals surface area (Å²) >= 11 is 0. The van der Waals surface area contributed by atoms with E-state index < -0.39 is 23.5 Å². The molecular formula is C31H44N2O8. The quantitative estimate of drug-likeness (QED) is 0.297. The van der Waals surface area contributed by atoms with Crippen LogP contribution in [0.15, 0.2) is 24.3 Å². The minimum atomic E-state index is -0.854. The Morgan fingerprint density at radius 3 is 2.41 bits per heavy atom. The number of benzene rings is 1. The van der Waals surface area contributed by atoms with Gasteiger partial charge < -0.3 is 24.3 Å². The average molecular weight is 573 g/mol. The zero-order chi connectivity index (χ0) is 29.4. The van der Waals surface area contributed by atoms with Gasteiger partial charge in [-0.15, -0.1) is 0 Å². The van der Waals surface area contributed by atoms with Gasteiger partial charge in [0.25, 0.3) is 0 Å². The van der Waals surface area contributed by atoms with E-state index in [-0.39, 0.29) is 55.2 Å². The summed E-state index contributed by atoms with van der Waals surface area (Å²) < 4.78 is 21.8. The van der Waals surface area contributed by atoms with Crippen molar-refractivity contribution in [3.63, 3.8) is 0 Å². The number of ketones is 3. The summed E-state index contributed by atoms with van der Waals surface area (Å²) in [6.45, 7) is 7.34. The molecule has 10 nitrogen and oxygen atoms in total. The lowest BCUT2D eigenvalue weighted by Gasteiger charge is -2.26. The Kier molecular flexibility index (Phi) is 11.1. The second-order valence-electron chi connectivity index (χ2n) is 11.8. The highest BCUT2D eigenvalue weighted by Gasteiger charge is 2.50. The summed E-state index contributed by atoms with van der Waals surface area (Å²) in [7, 11) is 1.58. The second-order valence-corrected chi connectivity index (χ2v) is 11.8. The van der Waals surface area contributed by atoms with Gasteiger partial charge in [0.1, 0.15) is 17.1 Å². The maximum atomic E-state index is 13.8. The monoisotopic (exact) mass is 572 g/mol. The number of nitrogens with one attached hydrogen (secondary N) is 1. The first kappa shape index (κ1) is 31.3. The highest BCUT2D eigenvalue weighted by atomic mass is 16.6. The summed E-state index contributed by atoms with van der Waals surface area (Å²) in [5.74, 6) is -1.15. The van der Waals surface area contributed by atoms with Crippen molar-refractivity contribution in [1.29, 1.82) is 0 Å². The molecule has 3 aliphatic heterocycles. The van der Waals surface area contributed by atoms with Gasteiger partial charge in [0, 0.05) is 44.4 Å². The first-order valence-corrected chi connectivity index (χ1v) is 14.7. The normalized spacial score (nSPS) is 24.7. The third kappa shape index (κ3) is 9.16. The molecule has 0 bridgehead atoms. The molecule has 0 saturated carbocycles. The van der Waals surface area contributed by atoms with Gasteiger partial charge in [-0.2, -0.15) is 0 Å². The van der Waals surface area contributed by atoms with Crippen molar-refractivity contribution < 1.29 is 38.1 Å². The summed E-state index contributed by atoms with van der Waals surface area (Å²) in [5.41, 5.74) is -0.00632. The number of hydrogen-bond donors (Lipinski definition) is 1. The van der Waals surface area contributed by atoms with Crippen molar-refractivity contribution in [1.82, 2.24) is 10.2 Å². The number of epoxide rings is 1. The molecule has 0 radical (unpaired) electrons.